The molecule has 0 unspecified atom stereocenters. The van der Waals surface area contributed by atoms with Gasteiger partial charge >= 0.3 is 6.36 Å². The van der Waals surface area contributed by atoms with E-state index in [4.69, 9.17) is 10.5 Å². The Bertz CT molecular complexity index is 641. The van der Waals surface area contributed by atoms with E-state index in [0.717, 1.165) is 12.1 Å². The largest absolute Gasteiger partial charge is 0.573 e. The first-order valence-corrected chi connectivity index (χ1v) is 6.25. The average molecular weight is 315 g/mol. The Morgan fingerprint density at radius 2 is 1.59 bits per heavy atom. The number of halogens is 4. The summed E-state index contributed by atoms with van der Waals surface area (Å²) >= 11 is 0. The van der Waals surface area contributed by atoms with Crippen molar-refractivity contribution in [1.29, 1.82) is 0 Å². The van der Waals surface area contributed by atoms with Crippen molar-refractivity contribution in [3.05, 3.63) is 59.4 Å². The van der Waals surface area contributed by atoms with Crippen molar-refractivity contribution < 1.29 is 27.0 Å². The van der Waals surface area contributed by atoms with Crippen LogP contribution in [-0.2, 0) is 0 Å². The molecule has 0 fully saturated rings. The van der Waals surface area contributed by atoms with Crippen LogP contribution in [0.1, 0.15) is 17.2 Å². The van der Waals surface area contributed by atoms with E-state index >= 15 is 0 Å². The topological polar surface area (TPSA) is 44.5 Å². The molecule has 0 aliphatic carbocycles. The maximum atomic E-state index is 13.7. The zero-order valence-electron chi connectivity index (χ0n) is 11.5. The molecular formula is C15H13F4NO2. The molecule has 0 heterocycles. The highest BCUT2D eigenvalue weighted by atomic mass is 19.4. The third-order valence-corrected chi connectivity index (χ3v) is 3.01. The minimum absolute atomic E-state index is 0.0878. The fraction of sp³-hybridized carbons (Fsp3) is 0.200. The molecule has 0 bridgehead atoms. The van der Waals surface area contributed by atoms with Gasteiger partial charge in [-0.3, -0.25) is 0 Å². The summed E-state index contributed by atoms with van der Waals surface area (Å²) in [6.07, 6.45) is -4.75. The average Bonchev–Trinajstić information content (AvgIpc) is 2.45. The van der Waals surface area contributed by atoms with Gasteiger partial charge in [0.2, 0.25) is 0 Å². The number of hydrogen-bond donors (Lipinski definition) is 1. The third kappa shape index (κ3) is 3.88. The van der Waals surface area contributed by atoms with Gasteiger partial charge < -0.3 is 15.2 Å². The number of alkyl halides is 3. The molecule has 0 saturated carbocycles. The molecule has 0 saturated heterocycles. The molecule has 0 amide bonds. The standard InChI is InChI=1S/C15H13F4NO2/c1-21-13-7-4-10(8-12(13)16)14(20)9-2-5-11(6-3-9)22-15(17,18)19/h2-8,14H,20H2,1H3/t14-/m0/s1. The monoisotopic (exact) mass is 315 g/mol. The van der Waals surface area contributed by atoms with Crippen LogP contribution in [0.3, 0.4) is 0 Å². The quantitative estimate of drug-likeness (QED) is 0.873. The van der Waals surface area contributed by atoms with Crippen LogP contribution in [0.4, 0.5) is 17.6 Å². The normalized spacial score (nSPS) is 12.8. The number of ether oxygens (including phenoxy) is 2. The highest BCUT2D eigenvalue weighted by Gasteiger charge is 2.31. The first-order valence-electron chi connectivity index (χ1n) is 6.25. The smallest absolute Gasteiger partial charge is 0.494 e. The molecular weight excluding hydrogens is 302 g/mol. The third-order valence-electron chi connectivity index (χ3n) is 3.01. The molecule has 3 nitrogen and oxygen atoms in total. The summed E-state index contributed by atoms with van der Waals surface area (Å²) < 4.78 is 58.5. The second-order valence-corrected chi connectivity index (χ2v) is 4.49. The van der Waals surface area contributed by atoms with Gasteiger partial charge in [0.15, 0.2) is 11.6 Å². The minimum Gasteiger partial charge on any atom is -0.494 e. The second-order valence-electron chi connectivity index (χ2n) is 4.49. The predicted molar refractivity (Wildman–Crippen MR) is 72.1 cm³/mol. The summed E-state index contributed by atoms with van der Waals surface area (Å²) in [6, 6.07) is 8.68. The minimum atomic E-state index is -4.75. The van der Waals surface area contributed by atoms with Crippen molar-refractivity contribution in [2.45, 2.75) is 12.4 Å². The lowest BCUT2D eigenvalue weighted by Gasteiger charge is -2.15. The van der Waals surface area contributed by atoms with Crippen molar-refractivity contribution in [1.82, 2.24) is 0 Å². The molecule has 118 valence electrons. The van der Waals surface area contributed by atoms with Crippen molar-refractivity contribution in [3.8, 4) is 11.5 Å². The van der Waals surface area contributed by atoms with E-state index in [2.05, 4.69) is 4.74 Å². The highest BCUT2D eigenvalue weighted by Crippen LogP contribution is 2.27. The van der Waals surface area contributed by atoms with Crippen LogP contribution >= 0.6 is 0 Å². The Morgan fingerprint density at radius 1 is 1.00 bits per heavy atom. The van der Waals surface area contributed by atoms with Crippen LogP contribution in [0.25, 0.3) is 0 Å². The van der Waals surface area contributed by atoms with Gasteiger partial charge in [-0.1, -0.05) is 18.2 Å². The number of methoxy groups -OCH3 is 1. The Morgan fingerprint density at radius 3 is 2.09 bits per heavy atom. The van der Waals surface area contributed by atoms with E-state index in [1.807, 2.05) is 0 Å². The molecule has 0 radical (unpaired) electrons. The van der Waals surface area contributed by atoms with Gasteiger partial charge in [0.25, 0.3) is 0 Å². The van der Waals surface area contributed by atoms with E-state index < -0.39 is 18.2 Å². The summed E-state index contributed by atoms with van der Waals surface area (Å²) in [5, 5.41) is 0. The molecule has 7 heteroatoms. The van der Waals surface area contributed by atoms with E-state index in [1.165, 1.54) is 31.4 Å². The zero-order chi connectivity index (χ0) is 16.3. The summed E-state index contributed by atoms with van der Waals surface area (Å²) in [5.74, 6) is -0.818. The van der Waals surface area contributed by atoms with Gasteiger partial charge in [0.05, 0.1) is 13.2 Å². The molecule has 22 heavy (non-hydrogen) atoms. The van der Waals surface area contributed by atoms with Gasteiger partial charge in [-0.05, 0) is 35.4 Å². The zero-order valence-corrected chi connectivity index (χ0v) is 11.5. The van der Waals surface area contributed by atoms with E-state index in [-0.39, 0.29) is 11.5 Å². The Kier molecular flexibility index (Phi) is 4.56. The van der Waals surface area contributed by atoms with Gasteiger partial charge in [0, 0.05) is 0 Å². The van der Waals surface area contributed by atoms with Gasteiger partial charge in [-0.15, -0.1) is 13.2 Å². The molecule has 2 aromatic carbocycles. The maximum absolute atomic E-state index is 13.7. The highest BCUT2D eigenvalue weighted by molar-refractivity contribution is 5.38. The van der Waals surface area contributed by atoms with Gasteiger partial charge in [-0.2, -0.15) is 0 Å². The number of rotatable bonds is 4. The lowest BCUT2D eigenvalue weighted by molar-refractivity contribution is -0.274. The SMILES string of the molecule is COc1ccc([C@@H](N)c2ccc(OC(F)(F)F)cc2)cc1F. The molecule has 1 atom stereocenters. The fourth-order valence-electron chi connectivity index (χ4n) is 1.95. The van der Waals surface area contributed by atoms with Gasteiger partial charge in [0.1, 0.15) is 5.75 Å². The predicted octanol–water partition coefficient (Wildman–Crippen LogP) is 3.78. The Balaban J connectivity index is 2.19. The van der Waals surface area contributed by atoms with E-state index in [9.17, 15) is 17.6 Å². The molecule has 2 rings (SSSR count). The molecule has 0 aliphatic heterocycles. The maximum Gasteiger partial charge on any atom is 0.573 e. The molecule has 0 aliphatic rings. The van der Waals surface area contributed by atoms with Crippen molar-refractivity contribution in [2.75, 3.05) is 7.11 Å². The number of nitrogens with two attached hydrogens (primary N) is 1. The van der Waals surface area contributed by atoms with Crippen LogP contribution in [0.15, 0.2) is 42.5 Å². The first-order chi connectivity index (χ1) is 10.3. The summed E-state index contributed by atoms with van der Waals surface area (Å²) in [5.41, 5.74) is 6.99. The summed E-state index contributed by atoms with van der Waals surface area (Å²) in [7, 11) is 1.34. The van der Waals surface area contributed by atoms with Crippen molar-refractivity contribution in [2.24, 2.45) is 5.73 Å². The lowest BCUT2D eigenvalue weighted by atomic mass is 9.99. The summed E-state index contributed by atoms with van der Waals surface area (Å²) in [6.45, 7) is 0. The van der Waals surface area contributed by atoms with Crippen molar-refractivity contribution >= 4 is 0 Å². The Hall–Kier alpha value is -2.28. The fourth-order valence-corrected chi connectivity index (χ4v) is 1.95. The molecule has 0 spiro atoms. The molecule has 2 aromatic rings. The van der Waals surface area contributed by atoms with Crippen LogP contribution in [0, 0.1) is 5.82 Å². The van der Waals surface area contributed by atoms with Crippen LogP contribution in [-0.4, -0.2) is 13.5 Å². The second kappa shape index (κ2) is 6.23. The Labute approximate surface area is 124 Å². The van der Waals surface area contributed by atoms with Gasteiger partial charge in [-0.25, -0.2) is 4.39 Å². The van der Waals surface area contributed by atoms with Crippen LogP contribution in [0.5, 0.6) is 11.5 Å². The van der Waals surface area contributed by atoms with Crippen molar-refractivity contribution in [3.63, 3.8) is 0 Å². The summed E-state index contributed by atoms with van der Waals surface area (Å²) in [4.78, 5) is 0. The molecule has 0 aromatic heterocycles. The molecule has 2 N–H and O–H groups in total. The number of hydrogen-bond acceptors (Lipinski definition) is 3. The van der Waals surface area contributed by atoms with Crippen LogP contribution < -0.4 is 15.2 Å². The van der Waals surface area contributed by atoms with E-state index in [1.54, 1.807) is 6.07 Å². The van der Waals surface area contributed by atoms with Crippen LogP contribution in [0.2, 0.25) is 0 Å². The first kappa shape index (κ1) is 16.1. The van der Waals surface area contributed by atoms with E-state index in [0.29, 0.717) is 11.1 Å². The number of benzene rings is 2. The lowest BCUT2D eigenvalue weighted by Crippen LogP contribution is -2.17.